The molecule has 1 rings (SSSR count). The average Bonchev–Trinajstić information content (AvgIpc) is 2.36. The van der Waals surface area contributed by atoms with Gasteiger partial charge in [-0.3, -0.25) is 0 Å². The van der Waals surface area contributed by atoms with Crippen molar-refractivity contribution >= 4 is 21.9 Å². The van der Waals surface area contributed by atoms with Gasteiger partial charge in [0.1, 0.15) is 12.4 Å². The van der Waals surface area contributed by atoms with Crippen LogP contribution in [0.3, 0.4) is 0 Å². The first kappa shape index (κ1) is 15.5. The van der Waals surface area contributed by atoms with E-state index in [4.69, 9.17) is 9.47 Å². The number of allylic oxidation sites excluding steroid dienone is 1. The summed E-state index contributed by atoms with van der Waals surface area (Å²) in [5.74, 6) is 0.328. The van der Waals surface area contributed by atoms with Crippen LogP contribution in [0.25, 0.3) is 0 Å². The van der Waals surface area contributed by atoms with Crippen molar-refractivity contribution in [3.63, 3.8) is 0 Å². The zero-order valence-electron chi connectivity index (χ0n) is 11.2. The highest BCUT2D eigenvalue weighted by Crippen LogP contribution is 2.32. The summed E-state index contributed by atoms with van der Waals surface area (Å²) in [4.78, 5) is 11.6. The first-order valence-corrected chi connectivity index (χ1v) is 6.57. The van der Waals surface area contributed by atoms with E-state index in [2.05, 4.69) is 29.1 Å². The lowest BCUT2D eigenvalue weighted by atomic mass is 10.0. The molecule has 102 valence electrons. The summed E-state index contributed by atoms with van der Waals surface area (Å²) in [6.45, 7) is 9.84. The van der Waals surface area contributed by atoms with Gasteiger partial charge in [0.25, 0.3) is 0 Å². The van der Waals surface area contributed by atoms with Crippen molar-refractivity contribution in [2.45, 2.75) is 13.3 Å². The molecule has 0 aliphatic rings. The van der Waals surface area contributed by atoms with Gasteiger partial charge in [0.2, 0.25) is 0 Å². The highest BCUT2D eigenvalue weighted by atomic mass is 79.9. The molecule has 4 heteroatoms. The van der Waals surface area contributed by atoms with Gasteiger partial charge in [0, 0.05) is 5.56 Å². The van der Waals surface area contributed by atoms with Crippen molar-refractivity contribution < 1.29 is 14.3 Å². The number of benzene rings is 1. The van der Waals surface area contributed by atoms with E-state index in [1.165, 1.54) is 7.11 Å². The molecule has 0 unspecified atom stereocenters. The molecule has 0 N–H and O–H groups in total. The Balaban J connectivity index is 3.24. The third-order valence-electron chi connectivity index (χ3n) is 2.38. The van der Waals surface area contributed by atoms with E-state index in [0.29, 0.717) is 28.8 Å². The van der Waals surface area contributed by atoms with E-state index >= 15 is 0 Å². The summed E-state index contributed by atoms with van der Waals surface area (Å²) in [5.41, 5.74) is 2.36. The number of halogens is 1. The van der Waals surface area contributed by atoms with Crippen molar-refractivity contribution in [1.82, 2.24) is 0 Å². The number of esters is 1. The van der Waals surface area contributed by atoms with E-state index in [1.807, 2.05) is 6.92 Å². The van der Waals surface area contributed by atoms with Crippen LogP contribution >= 0.6 is 15.9 Å². The fraction of sp³-hybridized carbons (Fsp3) is 0.267. The highest BCUT2D eigenvalue weighted by molar-refractivity contribution is 9.10. The van der Waals surface area contributed by atoms with Crippen molar-refractivity contribution in [2.24, 2.45) is 0 Å². The molecular formula is C15H17BrO3. The van der Waals surface area contributed by atoms with Crippen LogP contribution in [0.5, 0.6) is 5.75 Å². The number of hydrogen-bond donors (Lipinski definition) is 0. The Morgan fingerprint density at radius 2 is 2.16 bits per heavy atom. The van der Waals surface area contributed by atoms with Gasteiger partial charge >= 0.3 is 5.97 Å². The Morgan fingerprint density at radius 3 is 2.68 bits per heavy atom. The Morgan fingerprint density at radius 1 is 1.47 bits per heavy atom. The summed E-state index contributed by atoms with van der Waals surface area (Å²) >= 11 is 3.42. The van der Waals surface area contributed by atoms with Crippen LogP contribution in [-0.4, -0.2) is 19.7 Å². The van der Waals surface area contributed by atoms with E-state index in [-0.39, 0.29) is 5.97 Å². The van der Waals surface area contributed by atoms with E-state index in [9.17, 15) is 4.79 Å². The molecule has 0 bridgehead atoms. The Hall–Kier alpha value is -1.55. The monoisotopic (exact) mass is 324 g/mol. The predicted molar refractivity (Wildman–Crippen MR) is 79.7 cm³/mol. The van der Waals surface area contributed by atoms with Crippen molar-refractivity contribution in [3.8, 4) is 5.75 Å². The molecule has 0 fully saturated rings. The second-order valence-electron chi connectivity index (χ2n) is 4.17. The zero-order valence-corrected chi connectivity index (χ0v) is 12.7. The van der Waals surface area contributed by atoms with Crippen LogP contribution in [-0.2, 0) is 11.2 Å². The van der Waals surface area contributed by atoms with Gasteiger partial charge in [-0.1, -0.05) is 24.8 Å². The topological polar surface area (TPSA) is 35.5 Å². The lowest BCUT2D eigenvalue weighted by Gasteiger charge is -2.14. The largest absolute Gasteiger partial charge is 0.488 e. The van der Waals surface area contributed by atoms with Gasteiger partial charge in [-0.05, 0) is 41.4 Å². The molecule has 3 nitrogen and oxygen atoms in total. The van der Waals surface area contributed by atoms with Gasteiger partial charge < -0.3 is 9.47 Å². The Labute approximate surface area is 122 Å². The molecule has 0 aliphatic carbocycles. The molecule has 0 aliphatic heterocycles. The molecular weight excluding hydrogens is 308 g/mol. The summed E-state index contributed by atoms with van der Waals surface area (Å²) in [5, 5.41) is 0. The Bertz CT molecular complexity index is 506. The highest BCUT2D eigenvalue weighted by Gasteiger charge is 2.15. The Kier molecular flexibility index (Phi) is 5.83. The van der Waals surface area contributed by atoms with Crippen molar-refractivity contribution in [2.75, 3.05) is 13.7 Å². The second-order valence-corrected chi connectivity index (χ2v) is 5.03. The third-order valence-corrected chi connectivity index (χ3v) is 2.97. The number of methoxy groups -OCH3 is 1. The normalized spacial score (nSPS) is 9.84. The maximum atomic E-state index is 11.6. The number of carbonyl (C=O) groups is 1. The molecule has 0 heterocycles. The standard InChI is InChI=1S/C15H17BrO3/c1-5-6-19-14-11(7-10(2)3)8-12(9-13(14)16)15(17)18-4/h5,8-9H,1-2,6-7H2,3-4H3. The lowest BCUT2D eigenvalue weighted by Crippen LogP contribution is -2.05. The molecule has 1 aromatic rings. The minimum atomic E-state index is -0.376. The maximum absolute atomic E-state index is 11.6. The number of carbonyl (C=O) groups excluding carboxylic acids is 1. The summed E-state index contributed by atoms with van der Waals surface area (Å²) in [7, 11) is 1.36. The van der Waals surface area contributed by atoms with Crippen LogP contribution in [0.1, 0.15) is 22.8 Å². The maximum Gasteiger partial charge on any atom is 0.337 e. The van der Waals surface area contributed by atoms with Gasteiger partial charge in [-0.2, -0.15) is 0 Å². The zero-order chi connectivity index (χ0) is 14.4. The summed E-state index contributed by atoms with van der Waals surface area (Å²) < 4.78 is 11.1. The molecule has 0 atom stereocenters. The number of ether oxygens (including phenoxy) is 2. The van der Waals surface area contributed by atoms with Crippen LogP contribution in [0.15, 0.2) is 41.4 Å². The van der Waals surface area contributed by atoms with Gasteiger partial charge in [-0.15, -0.1) is 0 Å². The third kappa shape index (κ3) is 4.24. The fourth-order valence-electron chi connectivity index (χ4n) is 1.65. The molecule has 0 spiro atoms. The summed E-state index contributed by atoms with van der Waals surface area (Å²) in [6.07, 6.45) is 2.31. The second kappa shape index (κ2) is 7.14. The summed E-state index contributed by atoms with van der Waals surface area (Å²) in [6, 6.07) is 3.45. The minimum absolute atomic E-state index is 0.376. The fourth-order valence-corrected chi connectivity index (χ4v) is 2.26. The molecule has 0 saturated heterocycles. The lowest BCUT2D eigenvalue weighted by molar-refractivity contribution is 0.0600. The molecule has 0 amide bonds. The predicted octanol–water partition coefficient (Wildman–Crippen LogP) is 3.92. The number of hydrogen-bond acceptors (Lipinski definition) is 3. The number of rotatable bonds is 6. The van der Waals surface area contributed by atoms with E-state index in [0.717, 1.165) is 11.1 Å². The molecule has 0 radical (unpaired) electrons. The van der Waals surface area contributed by atoms with Gasteiger partial charge in [0.15, 0.2) is 0 Å². The van der Waals surface area contributed by atoms with Crippen molar-refractivity contribution in [3.05, 3.63) is 52.5 Å². The SMILES string of the molecule is C=CCOc1c(Br)cc(C(=O)OC)cc1CC(=C)C. The van der Waals surface area contributed by atoms with E-state index < -0.39 is 0 Å². The van der Waals surface area contributed by atoms with Crippen LogP contribution in [0, 0.1) is 0 Å². The molecule has 0 saturated carbocycles. The van der Waals surface area contributed by atoms with Crippen LogP contribution in [0.4, 0.5) is 0 Å². The van der Waals surface area contributed by atoms with Gasteiger partial charge in [0.05, 0.1) is 17.1 Å². The first-order chi connectivity index (χ1) is 8.99. The molecule has 1 aromatic carbocycles. The van der Waals surface area contributed by atoms with Crippen molar-refractivity contribution in [1.29, 1.82) is 0 Å². The molecule has 0 aromatic heterocycles. The quantitative estimate of drug-likeness (QED) is 0.587. The molecule has 19 heavy (non-hydrogen) atoms. The van der Waals surface area contributed by atoms with Crippen LogP contribution < -0.4 is 4.74 Å². The van der Waals surface area contributed by atoms with Crippen LogP contribution in [0.2, 0.25) is 0 Å². The smallest absolute Gasteiger partial charge is 0.337 e. The van der Waals surface area contributed by atoms with Gasteiger partial charge in [-0.25, -0.2) is 4.79 Å². The minimum Gasteiger partial charge on any atom is -0.488 e. The average molecular weight is 325 g/mol. The first-order valence-electron chi connectivity index (χ1n) is 5.78. The van der Waals surface area contributed by atoms with E-state index in [1.54, 1.807) is 18.2 Å².